The molecular formula is C19H19ClN2O7. The molecule has 3 rings (SSSR count). The second-order valence-electron chi connectivity index (χ2n) is 6.59. The molecule has 0 bridgehead atoms. The lowest BCUT2D eigenvalue weighted by atomic mass is 10.1. The van der Waals surface area contributed by atoms with Crippen LogP contribution in [0.15, 0.2) is 48.5 Å². The number of nitro benzene ring substituents is 1. The van der Waals surface area contributed by atoms with Crippen molar-refractivity contribution in [1.82, 2.24) is 5.32 Å². The van der Waals surface area contributed by atoms with Crippen molar-refractivity contribution in [2.24, 2.45) is 0 Å². The number of carbonyl (C=O) groups excluding carboxylic acids is 2. The summed E-state index contributed by atoms with van der Waals surface area (Å²) in [5.74, 6) is -1.05. The van der Waals surface area contributed by atoms with Crippen LogP contribution in [-0.4, -0.2) is 33.8 Å². The standard InChI is InChI=1S/C12H14N2O4.C7H5ClO3/c1-12(2)10(18-12)11(15)13-7-8-5-3-4-6-9(8)14(16)17;8-6-3-1-2-5(4-6)7(9)11-10/h3-6,10H,7H2,1-2H3,(H,13,15);1-4,10H. The Hall–Kier alpha value is -3.01. The van der Waals surface area contributed by atoms with E-state index in [4.69, 9.17) is 21.6 Å². The Bertz CT molecular complexity index is 917. The number of nitrogens with one attached hydrogen (secondary N) is 1. The number of hydrogen-bond donors (Lipinski definition) is 2. The first-order valence-corrected chi connectivity index (χ1v) is 8.82. The van der Waals surface area contributed by atoms with Gasteiger partial charge in [0.15, 0.2) is 6.10 Å². The zero-order valence-electron chi connectivity index (χ0n) is 15.6. The number of hydrogen-bond acceptors (Lipinski definition) is 7. The van der Waals surface area contributed by atoms with Crippen molar-refractivity contribution < 1.29 is 29.4 Å². The van der Waals surface area contributed by atoms with Gasteiger partial charge in [-0.3, -0.25) is 19.8 Å². The fourth-order valence-electron chi connectivity index (χ4n) is 2.42. The molecule has 154 valence electrons. The number of rotatable bonds is 5. The van der Waals surface area contributed by atoms with Gasteiger partial charge in [0.25, 0.3) is 11.6 Å². The van der Waals surface area contributed by atoms with E-state index in [1.165, 1.54) is 18.2 Å². The van der Waals surface area contributed by atoms with Crippen LogP contribution < -0.4 is 5.32 Å². The fraction of sp³-hybridized carbons (Fsp3) is 0.263. The quantitative estimate of drug-likeness (QED) is 0.327. The van der Waals surface area contributed by atoms with Crippen molar-refractivity contribution in [3.63, 3.8) is 0 Å². The normalized spacial score (nSPS) is 16.1. The molecular weight excluding hydrogens is 404 g/mol. The molecule has 0 radical (unpaired) electrons. The predicted octanol–water partition coefficient (Wildman–Crippen LogP) is 3.36. The molecule has 29 heavy (non-hydrogen) atoms. The van der Waals surface area contributed by atoms with Crippen LogP contribution in [0.3, 0.4) is 0 Å². The number of amides is 1. The minimum Gasteiger partial charge on any atom is -0.356 e. The number of halogens is 1. The summed E-state index contributed by atoms with van der Waals surface area (Å²) in [6.45, 7) is 3.77. The SMILES string of the molecule is CC1(C)OC1C(=O)NCc1ccccc1[N+](=O)[O-].O=C(OO)c1cccc(Cl)c1. The Labute approximate surface area is 171 Å². The summed E-state index contributed by atoms with van der Waals surface area (Å²) in [5.41, 5.74) is 0.287. The van der Waals surface area contributed by atoms with Crippen LogP contribution in [0.4, 0.5) is 5.69 Å². The molecule has 1 atom stereocenters. The van der Waals surface area contributed by atoms with E-state index in [9.17, 15) is 19.7 Å². The second-order valence-corrected chi connectivity index (χ2v) is 7.03. The zero-order valence-corrected chi connectivity index (χ0v) is 16.4. The minimum absolute atomic E-state index is 0.00813. The van der Waals surface area contributed by atoms with Gasteiger partial charge in [-0.05, 0) is 32.0 Å². The third-order valence-electron chi connectivity index (χ3n) is 4.02. The Morgan fingerprint density at radius 3 is 2.48 bits per heavy atom. The van der Waals surface area contributed by atoms with E-state index >= 15 is 0 Å². The van der Waals surface area contributed by atoms with Gasteiger partial charge in [0.05, 0.1) is 16.1 Å². The van der Waals surface area contributed by atoms with Gasteiger partial charge in [-0.2, -0.15) is 5.26 Å². The summed E-state index contributed by atoms with van der Waals surface area (Å²) in [4.78, 5) is 36.1. The van der Waals surface area contributed by atoms with Crippen molar-refractivity contribution in [2.75, 3.05) is 0 Å². The second kappa shape index (κ2) is 9.46. The van der Waals surface area contributed by atoms with E-state index in [-0.39, 0.29) is 23.7 Å². The first-order valence-electron chi connectivity index (χ1n) is 8.45. The van der Waals surface area contributed by atoms with Gasteiger partial charge in [0.1, 0.15) is 0 Å². The number of para-hydroxylation sites is 1. The lowest BCUT2D eigenvalue weighted by molar-refractivity contribution is -0.385. The molecule has 1 heterocycles. The van der Waals surface area contributed by atoms with Crippen LogP contribution in [0.1, 0.15) is 29.8 Å². The molecule has 2 aromatic carbocycles. The molecule has 1 amide bonds. The maximum Gasteiger partial charge on any atom is 0.372 e. The summed E-state index contributed by atoms with van der Waals surface area (Å²) in [6, 6.07) is 12.4. The lowest BCUT2D eigenvalue weighted by Crippen LogP contribution is -2.30. The Morgan fingerprint density at radius 1 is 1.28 bits per heavy atom. The summed E-state index contributed by atoms with van der Waals surface area (Å²) >= 11 is 5.56. The minimum atomic E-state index is -0.813. The average Bonchev–Trinajstić information content (AvgIpc) is 3.34. The van der Waals surface area contributed by atoms with Crippen molar-refractivity contribution in [2.45, 2.75) is 32.1 Å². The van der Waals surface area contributed by atoms with Crippen LogP contribution >= 0.6 is 11.6 Å². The first-order chi connectivity index (χ1) is 13.7. The number of benzene rings is 2. The Balaban J connectivity index is 0.000000234. The molecule has 0 spiro atoms. The third-order valence-corrected chi connectivity index (χ3v) is 4.25. The summed E-state index contributed by atoms with van der Waals surface area (Å²) in [7, 11) is 0. The van der Waals surface area contributed by atoms with Gasteiger partial charge in [0, 0.05) is 23.2 Å². The molecule has 1 aliphatic rings. The molecule has 0 saturated carbocycles. The number of nitrogens with zero attached hydrogens (tertiary/aromatic N) is 1. The van der Waals surface area contributed by atoms with Gasteiger partial charge in [0.2, 0.25) is 0 Å². The van der Waals surface area contributed by atoms with E-state index in [1.807, 2.05) is 13.8 Å². The smallest absolute Gasteiger partial charge is 0.356 e. The Morgan fingerprint density at radius 2 is 1.93 bits per heavy atom. The third kappa shape index (κ3) is 6.24. The molecule has 2 N–H and O–H groups in total. The summed E-state index contributed by atoms with van der Waals surface area (Å²) in [5, 5.41) is 21.8. The molecule has 0 aromatic heterocycles. The fourth-order valence-corrected chi connectivity index (χ4v) is 2.61. The van der Waals surface area contributed by atoms with Crippen LogP contribution in [0.2, 0.25) is 5.02 Å². The van der Waals surface area contributed by atoms with Gasteiger partial charge < -0.3 is 10.1 Å². The molecule has 1 unspecified atom stereocenters. The molecule has 9 nitrogen and oxygen atoms in total. The van der Waals surface area contributed by atoms with E-state index in [1.54, 1.807) is 30.3 Å². The van der Waals surface area contributed by atoms with Crippen LogP contribution in [0.5, 0.6) is 0 Å². The van der Waals surface area contributed by atoms with E-state index in [2.05, 4.69) is 10.2 Å². The number of carbonyl (C=O) groups is 2. The van der Waals surface area contributed by atoms with Gasteiger partial charge in [-0.15, -0.1) is 0 Å². The molecule has 10 heteroatoms. The highest BCUT2D eigenvalue weighted by molar-refractivity contribution is 6.30. The molecule has 2 aromatic rings. The summed E-state index contributed by atoms with van der Waals surface area (Å²) < 4.78 is 5.19. The average molecular weight is 423 g/mol. The van der Waals surface area contributed by atoms with E-state index in [0.29, 0.717) is 10.6 Å². The van der Waals surface area contributed by atoms with Crippen LogP contribution in [0, 0.1) is 10.1 Å². The maximum atomic E-state index is 11.7. The first kappa shape index (κ1) is 22.3. The number of epoxide rings is 1. The van der Waals surface area contributed by atoms with Crippen molar-refractivity contribution >= 4 is 29.2 Å². The van der Waals surface area contributed by atoms with Gasteiger partial charge in [-0.25, -0.2) is 4.79 Å². The van der Waals surface area contributed by atoms with Crippen LogP contribution in [0.25, 0.3) is 0 Å². The highest BCUT2D eigenvalue weighted by Gasteiger charge is 2.52. The molecule has 1 fully saturated rings. The summed E-state index contributed by atoms with van der Waals surface area (Å²) in [6.07, 6.45) is -0.458. The van der Waals surface area contributed by atoms with Crippen molar-refractivity contribution in [3.05, 3.63) is 74.8 Å². The highest BCUT2D eigenvalue weighted by atomic mass is 35.5. The van der Waals surface area contributed by atoms with Gasteiger partial charge in [-0.1, -0.05) is 35.9 Å². The lowest BCUT2D eigenvalue weighted by Gasteiger charge is -2.04. The van der Waals surface area contributed by atoms with E-state index < -0.39 is 22.6 Å². The van der Waals surface area contributed by atoms with Crippen molar-refractivity contribution in [1.29, 1.82) is 0 Å². The van der Waals surface area contributed by atoms with Crippen molar-refractivity contribution in [3.8, 4) is 0 Å². The maximum absolute atomic E-state index is 11.7. The predicted molar refractivity (Wildman–Crippen MR) is 103 cm³/mol. The Kier molecular flexibility index (Phi) is 7.27. The number of nitro groups is 1. The molecule has 0 aliphatic carbocycles. The molecule has 1 saturated heterocycles. The number of ether oxygens (including phenoxy) is 1. The van der Waals surface area contributed by atoms with E-state index in [0.717, 1.165) is 0 Å². The zero-order chi connectivity index (χ0) is 21.6. The topological polar surface area (TPSA) is 131 Å². The molecule has 1 aliphatic heterocycles. The monoisotopic (exact) mass is 422 g/mol. The van der Waals surface area contributed by atoms with Crippen LogP contribution in [-0.2, 0) is 21.0 Å². The highest BCUT2D eigenvalue weighted by Crippen LogP contribution is 2.35. The van der Waals surface area contributed by atoms with Gasteiger partial charge >= 0.3 is 5.97 Å². The largest absolute Gasteiger partial charge is 0.372 e.